The molecule has 0 unspecified atom stereocenters. The average Bonchev–Trinajstić information content (AvgIpc) is 2.65. The molecule has 26 heavy (non-hydrogen) atoms. The fraction of sp³-hybridized carbons (Fsp3) is 0.0952. The van der Waals surface area contributed by atoms with Gasteiger partial charge in [0.2, 0.25) is 0 Å². The molecule has 0 amide bonds. The summed E-state index contributed by atoms with van der Waals surface area (Å²) < 4.78 is 11.3. The lowest BCUT2D eigenvalue weighted by Gasteiger charge is -2.14. The highest BCUT2D eigenvalue weighted by molar-refractivity contribution is 6.32. The second-order valence-electron chi connectivity index (χ2n) is 5.63. The smallest absolute Gasteiger partial charge is 0.328 e. The Morgan fingerprint density at radius 3 is 2.69 bits per heavy atom. The van der Waals surface area contributed by atoms with Crippen LogP contribution in [0.1, 0.15) is 11.1 Å². The van der Waals surface area contributed by atoms with E-state index < -0.39 is 5.97 Å². The molecule has 3 rings (SSSR count). The van der Waals surface area contributed by atoms with E-state index in [0.29, 0.717) is 28.7 Å². The van der Waals surface area contributed by atoms with E-state index in [9.17, 15) is 4.79 Å². The summed E-state index contributed by atoms with van der Waals surface area (Å²) in [5, 5.41) is 11.4. The van der Waals surface area contributed by atoms with Crippen molar-refractivity contribution in [3.63, 3.8) is 0 Å². The van der Waals surface area contributed by atoms with Crippen LogP contribution in [-0.4, -0.2) is 18.2 Å². The third kappa shape index (κ3) is 3.98. The van der Waals surface area contributed by atoms with Gasteiger partial charge in [-0.1, -0.05) is 54.1 Å². The quantitative estimate of drug-likeness (QED) is 0.609. The van der Waals surface area contributed by atoms with E-state index >= 15 is 0 Å². The minimum absolute atomic E-state index is 0.335. The molecule has 0 bridgehead atoms. The van der Waals surface area contributed by atoms with Crippen molar-refractivity contribution in [2.45, 2.75) is 6.61 Å². The van der Waals surface area contributed by atoms with Gasteiger partial charge in [0.15, 0.2) is 11.5 Å². The van der Waals surface area contributed by atoms with Gasteiger partial charge in [0.1, 0.15) is 6.61 Å². The van der Waals surface area contributed by atoms with Crippen LogP contribution in [0.3, 0.4) is 0 Å². The molecule has 0 aliphatic carbocycles. The monoisotopic (exact) mass is 368 g/mol. The van der Waals surface area contributed by atoms with Crippen molar-refractivity contribution in [2.75, 3.05) is 7.11 Å². The minimum Gasteiger partial charge on any atom is -0.493 e. The van der Waals surface area contributed by atoms with Gasteiger partial charge in [-0.3, -0.25) is 0 Å². The Labute approximate surface area is 156 Å². The second kappa shape index (κ2) is 7.93. The number of hydrogen-bond acceptors (Lipinski definition) is 3. The van der Waals surface area contributed by atoms with Crippen LogP contribution in [-0.2, 0) is 11.4 Å². The summed E-state index contributed by atoms with van der Waals surface area (Å²) in [6.07, 6.45) is 2.49. The molecule has 5 heteroatoms. The molecule has 0 saturated carbocycles. The van der Waals surface area contributed by atoms with E-state index in [-0.39, 0.29) is 0 Å². The first kappa shape index (κ1) is 17.8. The Morgan fingerprint density at radius 2 is 1.92 bits per heavy atom. The molecule has 0 fully saturated rings. The Kier molecular flexibility index (Phi) is 5.44. The zero-order valence-corrected chi connectivity index (χ0v) is 14.9. The maximum Gasteiger partial charge on any atom is 0.328 e. The maximum atomic E-state index is 10.7. The van der Waals surface area contributed by atoms with Gasteiger partial charge in [0.05, 0.1) is 12.1 Å². The average molecular weight is 369 g/mol. The summed E-state index contributed by atoms with van der Waals surface area (Å²) in [6, 6.07) is 17.5. The Bertz CT molecular complexity index is 974. The fourth-order valence-corrected chi connectivity index (χ4v) is 2.99. The number of aliphatic carboxylic acids is 1. The van der Waals surface area contributed by atoms with Crippen molar-refractivity contribution in [2.24, 2.45) is 0 Å². The highest BCUT2D eigenvalue weighted by Gasteiger charge is 2.12. The lowest BCUT2D eigenvalue weighted by Crippen LogP contribution is -1.99. The molecule has 0 spiro atoms. The number of methoxy groups -OCH3 is 1. The summed E-state index contributed by atoms with van der Waals surface area (Å²) in [5.74, 6) is -0.159. The number of carbonyl (C=O) groups is 1. The third-order valence-electron chi connectivity index (χ3n) is 3.92. The van der Waals surface area contributed by atoms with Gasteiger partial charge >= 0.3 is 5.97 Å². The lowest BCUT2D eigenvalue weighted by atomic mass is 10.1. The molecule has 0 aliphatic heterocycles. The summed E-state index contributed by atoms with van der Waals surface area (Å²) >= 11 is 6.33. The first-order chi connectivity index (χ1) is 12.6. The van der Waals surface area contributed by atoms with Gasteiger partial charge in [-0.05, 0) is 40.1 Å². The number of ether oxygens (including phenoxy) is 2. The van der Waals surface area contributed by atoms with Crippen molar-refractivity contribution in [1.29, 1.82) is 0 Å². The van der Waals surface area contributed by atoms with Crippen LogP contribution in [0.25, 0.3) is 16.8 Å². The third-order valence-corrected chi connectivity index (χ3v) is 4.20. The number of benzene rings is 3. The molecular formula is C21H17ClO4. The normalized spacial score (nSPS) is 11.0. The van der Waals surface area contributed by atoms with Gasteiger partial charge in [-0.2, -0.15) is 0 Å². The Balaban J connectivity index is 1.88. The predicted molar refractivity (Wildman–Crippen MR) is 103 cm³/mol. The van der Waals surface area contributed by atoms with Crippen LogP contribution >= 0.6 is 11.6 Å². The topological polar surface area (TPSA) is 55.8 Å². The van der Waals surface area contributed by atoms with Gasteiger partial charge in [-0.25, -0.2) is 4.79 Å². The van der Waals surface area contributed by atoms with Crippen molar-refractivity contribution in [3.8, 4) is 11.5 Å². The number of hydrogen-bond donors (Lipinski definition) is 1. The molecule has 0 aliphatic rings. The SMILES string of the molecule is COc1cc(C=CC(=O)O)cc(Cl)c1OCc1cccc2ccccc12. The molecule has 0 aromatic heterocycles. The molecule has 0 radical (unpaired) electrons. The Morgan fingerprint density at radius 1 is 1.15 bits per heavy atom. The number of fused-ring (bicyclic) bond motifs is 1. The zero-order valence-electron chi connectivity index (χ0n) is 14.1. The van der Waals surface area contributed by atoms with E-state index in [2.05, 4.69) is 12.1 Å². The van der Waals surface area contributed by atoms with Gasteiger partial charge in [0, 0.05) is 6.08 Å². The molecular weight excluding hydrogens is 352 g/mol. The first-order valence-corrected chi connectivity index (χ1v) is 8.34. The number of carboxylic acid groups (broad SMARTS) is 1. The summed E-state index contributed by atoms with van der Waals surface area (Å²) in [7, 11) is 1.52. The molecule has 0 heterocycles. The second-order valence-corrected chi connectivity index (χ2v) is 6.04. The van der Waals surface area contributed by atoms with E-state index in [0.717, 1.165) is 22.4 Å². The summed E-state index contributed by atoms with van der Waals surface area (Å²) in [6.45, 7) is 0.335. The van der Waals surface area contributed by atoms with Crippen LogP contribution < -0.4 is 9.47 Å². The van der Waals surface area contributed by atoms with Crippen LogP contribution in [0.15, 0.2) is 60.7 Å². The summed E-state index contributed by atoms with van der Waals surface area (Å²) in [4.78, 5) is 10.7. The van der Waals surface area contributed by atoms with E-state index in [1.165, 1.54) is 13.2 Å². The van der Waals surface area contributed by atoms with Crippen LogP contribution in [0.5, 0.6) is 11.5 Å². The molecule has 3 aromatic carbocycles. The highest BCUT2D eigenvalue weighted by Crippen LogP contribution is 2.37. The summed E-state index contributed by atoms with van der Waals surface area (Å²) in [5.41, 5.74) is 1.66. The molecule has 0 saturated heterocycles. The van der Waals surface area contributed by atoms with Crippen LogP contribution in [0, 0.1) is 0 Å². The van der Waals surface area contributed by atoms with Gasteiger partial charge < -0.3 is 14.6 Å². The van der Waals surface area contributed by atoms with Crippen molar-refractivity contribution in [1.82, 2.24) is 0 Å². The first-order valence-electron chi connectivity index (χ1n) is 7.96. The Hall–Kier alpha value is -2.98. The molecule has 0 atom stereocenters. The van der Waals surface area contributed by atoms with Crippen LogP contribution in [0.2, 0.25) is 5.02 Å². The molecule has 3 aromatic rings. The van der Waals surface area contributed by atoms with Crippen molar-refractivity contribution in [3.05, 3.63) is 76.8 Å². The van der Waals surface area contributed by atoms with Crippen molar-refractivity contribution >= 4 is 34.4 Å². The standard InChI is InChI=1S/C21H17ClO4/c1-25-19-12-14(9-10-20(23)24)11-18(22)21(19)26-13-16-7-4-6-15-5-2-3-8-17(15)16/h2-12H,13H2,1H3,(H,23,24). The maximum absolute atomic E-state index is 10.7. The predicted octanol–water partition coefficient (Wildman–Crippen LogP) is 5.18. The largest absolute Gasteiger partial charge is 0.493 e. The van der Waals surface area contributed by atoms with E-state index in [1.807, 2.05) is 30.3 Å². The van der Waals surface area contributed by atoms with Crippen LogP contribution in [0.4, 0.5) is 0 Å². The molecule has 132 valence electrons. The highest BCUT2D eigenvalue weighted by atomic mass is 35.5. The molecule has 4 nitrogen and oxygen atoms in total. The van der Waals surface area contributed by atoms with Gasteiger partial charge in [0.25, 0.3) is 0 Å². The van der Waals surface area contributed by atoms with E-state index in [4.69, 9.17) is 26.2 Å². The number of carboxylic acids is 1. The minimum atomic E-state index is -1.03. The zero-order chi connectivity index (χ0) is 18.5. The number of halogens is 1. The fourth-order valence-electron chi connectivity index (χ4n) is 2.71. The number of rotatable bonds is 6. The lowest BCUT2D eigenvalue weighted by molar-refractivity contribution is -0.131. The molecule has 1 N–H and O–H groups in total. The van der Waals surface area contributed by atoms with E-state index in [1.54, 1.807) is 12.1 Å². The van der Waals surface area contributed by atoms with Gasteiger partial charge in [-0.15, -0.1) is 0 Å². The van der Waals surface area contributed by atoms with Crippen molar-refractivity contribution < 1.29 is 19.4 Å².